The molecule has 158 valence electrons. The van der Waals surface area contributed by atoms with Gasteiger partial charge in [0.2, 0.25) is 0 Å². The van der Waals surface area contributed by atoms with Crippen molar-refractivity contribution in [3.63, 3.8) is 0 Å². The number of halogens is 3. The molecule has 0 atom stereocenters. The van der Waals surface area contributed by atoms with Crippen molar-refractivity contribution in [3.8, 4) is 17.0 Å². The summed E-state index contributed by atoms with van der Waals surface area (Å²) < 4.78 is 7.57. The van der Waals surface area contributed by atoms with Gasteiger partial charge in [-0.3, -0.25) is 14.6 Å². The normalized spacial score (nSPS) is 10.8. The van der Waals surface area contributed by atoms with Crippen LogP contribution in [0.1, 0.15) is 16.1 Å². The molecule has 0 fully saturated rings. The van der Waals surface area contributed by atoms with Crippen LogP contribution in [0.15, 0.2) is 59.2 Å². The van der Waals surface area contributed by atoms with Crippen LogP contribution in [-0.2, 0) is 6.54 Å². The van der Waals surface area contributed by atoms with E-state index in [-0.39, 0.29) is 5.91 Å². The molecule has 1 amide bonds. The zero-order chi connectivity index (χ0) is 22.0. The van der Waals surface area contributed by atoms with Gasteiger partial charge in [-0.05, 0) is 51.8 Å². The van der Waals surface area contributed by atoms with Crippen molar-refractivity contribution in [2.24, 2.45) is 0 Å². The highest BCUT2D eigenvalue weighted by Crippen LogP contribution is 2.26. The Labute approximate surface area is 196 Å². The maximum atomic E-state index is 12.7. The molecule has 10 heteroatoms. The maximum Gasteiger partial charge on any atom is 0.274 e. The third kappa shape index (κ3) is 4.92. The molecule has 0 aliphatic carbocycles. The highest BCUT2D eigenvalue weighted by Gasteiger charge is 2.15. The van der Waals surface area contributed by atoms with Gasteiger partial charge in [-0.1, -0.05) is 41.4 Å². The molecule has 2 heterocycles. The van der Waals surface area contributed by atoms with Crippen molar-refractivity contribution in [1.82, 2.24) is 20.0 Å². The number of anilines is 1. The van der Waals surface area contributed by atoms with Crippen molar-refractivity contribution in [1.29, 1.82) is 0 Å². The number of benzene rings is 2. The Morgan fingerprint density at radius 3 is 2.81 bits per heavy atom. The van der Waals surface area contributed by atoms with Gasteiger partial charge in [0.25, 0.3) is 5.91 Å². The van der Waals surface area contributed by atoms with Crippen LogP contribution in [0.2, 0.25) is 10.0 Å². The minimum atomic E-state index is -0.359. The lowest BCUT2D eigenvalue weighted by Gasteiger charge is -2.04. The van der Waals surface area contributed by atoms with Crippen LogP contribution in [0.3, 0.4) is 0 Å². The number of carbonyl (C=O) groups excluding carboxylic acids is 1. The van der Waals surface area contributed by atoms with Gasteiger partial charge >= 0.3 is 0 Å². The lowest BCUT2D eigenvalue weighted by Crippen LogP contribution is -2.13. The first-order valence-electron chi connectivity index (χ1n) is 9.11. The highest BCUT2D eigenvalue weighted by molar-refractivity contribution is 9.10. The molecule has 0 unspecified atom stereocenters. The number of methoxy groups -OCH3 is 1. The Balaban J connectivity index is 1.47. The molecule has 4 aromatic rings. The van der Waals surface area contributed by atoms with Crippen molar-refractivity contribution < 1.29 is 9.53 Å². The number of ether oxygens (including phenoxy) is 1. The minimum absolute atomic E-state index is 0.309. The van der Waals surface area contributed by atoms with Gasteiger partial charge in [-0.2, -0.15) is 10.2 Å². The summed E-state index contributed by atoms with van der Waals surface area (Å²) in [5, 5.41) is 15.2. The SMILES string of the molecule is COc1cccc(-c2cc(C(=O)Nc3nn(Cc4ccc(Cl)c(Cl)c4)cc3Br)[nH]n2)c1. The molecule has 0 aliphatic rings. The Bertz CT molecular complexity index is 1250. The summed E-state index contributed by atoms with van der Waals surface area (Å²) >= 11 is 15.5. The van der Waals surface area contributed by atoms with E-state index in [9.17, 15) is 4.79 Å². The molecule has 0 radical (unpaired) electrons. The van der Waals surface area contributed by atoms with Crippen LogP contribution in [-0.4, -0.2) is 33.0 Å². The van der Waals surface area contributed by atoms with Crippen LogP contribution in [0.25, 0.3) is 11.3 Å². The van der Waals surface area contributed by atoms with Crippen LogP contribution < -0.4 is 10.1 Å². The zero-order valence-corrected chi connectivity index (χ0v) is 19.3. The van der Waals surface area contributed by atoms with Crippen molar-refractivity contribution >= 4 is 50.9 Å². The number of aromatic nitrogens is 4. The molecule has 0 spiro atoms. The minimum Gasteiger partial charge on any atom is -0.497 e. The first kappa shape index (κ1) is 21.4. The van der Waals surface area contributed by atoms with Gasteiger partial charge in [0.05, 0.1) is 33.9 Å². The van der Waals surface area contributed by atoms with E-state index in [1.54, 1.807) is 36.2 Å². The standard InChI is InChI=1S/C21H16BrCl2N5O2/c1-31-14-4-2-3-13(8-14)18-9-19(27-26-18)21(30)25-20-15(22)11-29(28-20)10-12-5-6-16(23)17(24)7-12/h2-9,11H,10H2,1H3,(H,26,27)(H,25,28,30). The van der Waals surface area contributed by atoms with E-state index < -0.39 is 0 Å². The third-order valence-electron chi connectivity index (χ3n) is 4.47. The summed E-state index contributed by atoms with van der Waals surface area (Å²) in [5.74, 6) is 0.743. The van der Waals surface area contributed by atoms with E-state index in [2.05, 4.69) is 36.5 Å². The van der Waals surface area contributed by atoms with Crippen molar-refractivity contribution in [2.45, 2.75) is 6.54 Å². The van der Waals surface area contributed by atoms with Gasteiger partial charge in [0, 0.05) is 11.8 Å². The summed E-state index contributed by atoms with van der Waals surface area (Å²) in [7, 11) is 1.60. The number of amides is 1. The highest BCUT2D eigenvalue weighted by atomic mass is 79.9. The van der Waals surface area contributed by atoms with E-state index in [1.165, 1.54) is 0 Å². The van der Waals surface area contributed by atoms with E-state index in [1.807, 2.05) is 30.3 Å². The summed E-state index contributed by atoms with van der Waals surface area (Å²) in [6, 6.07) is 14.5. The molecule has 7 nitrogen and oxygen atoms in total. The monoisotopic (exact) mass is 519 g/mol. The largest absolute Gasteiger partial charge is 0.497 e. The number of carbonyl (C=O) groups is 1. The first-order chi connectivity index (χ1) is 14.9. The van der Waals surface area contributed by atoms with E-state index >= 15 is 0 Å². The Morgan fingerprint density at radius 2 is 2.03 bits per heavy atom. The molecular weight excluding hydrogens is 505 g/mol. The molecule has 2 aromatic carbocycles. The molecule has 4 rings (SSSR count). The fourth-order valence-corrected chi connectivity index (χ4v) is 3.67. The summed E-state index contributed by atoms with van der Waals surface area (Å²) in [6.07, 6.45) is 1.77. The maximum absolute atomic E-state index is 12.7. The molecule has 2 N–H and O–H groups in total. The molecule has 0 saturated heterocycles. The first-order valence-corrected chi connectivity index (χ1v) is 10.7. The fourth-order valence-electron chi connectivity index (χ4n) is 2.93. The number of nitrogens with zero attached hydrogens (tertiary/aromatic N) is 3. The summed E-state index contributed by atoms with van der Waals surface area (Å²) in [4.78, 5) is 12.7. The third-order valence-corrected chi connectivity index (χ3v) is 5.78. The lowest BCUT2D eigenvalue weighted by molar-refractivity contribution is 0.102. The second-order valence-corrected chi connectivity index (χ2v) is 8.29. The molecule has 0 bridgehead atoms. The number of nitrogens with one attached hydrogen (secondary N) is 2. The van der Waals surface area contributed by atoms with Gasteiger partial charge < -0.3 is 10.1 Å². The Kier molecular flexibility index (Phi) is 6.31. The topological polar surface area (TPSA) is 84.8 Å². The molecule has 31 heavy (non-hydrogen) atoms. The van der Waals surface area contributed by atoms with Gasteiger partial charge in [-0.15, -0.1) is 0 Å². The number of aromatic amines is 1. The van der Waals surface area contributed by atoms with Crippen LogP contribution >= 0.6 is 39.1 Å². The number of H-pyrrole nitrogens is 1. The molecule has 0 aliphatic heterocycles. The number of hydrogen-bond acceptors (Lipinski definition) is 4. The predicted octanol–water partition coefficient (Wildman–Crippen LogP) is 5.65. The van der Waals surface area contributed by atoms with Crippen LogP contribution in [0.4, 0.5) is 5.82 Å². The van der Waals surface area contributed by atoms with Gasteiger partial charge in [-0.25, -0.2) is 0 Å². The van der Waals surface area contributed by atoms with Gasteiger partial charge in [0.15, 0.2) is 5.82 Å². The summed E-state index contributed by atoms with van der Waals surface area (Å²) in [6.45, 7) is 0.468. The summed E-state index contributed by atoms with van der Waals surface area (Å²) in [5.41, 5.74) is 2.71. The molecule has 0 saturated carbocycles. The molecule has 2 aromatic heterocycles. The van der Waals surface area contributed by atoms with Crippen LogP contribution in [0.5, 0.6) is 5.75 Å². The number of rotatable bonds is 6. The smallest absolute Gasteiger partial charge is 0.274 e. The predicted molar refractivity (Wildman–Crippen MR) is 124 cm³/mol. The van der Waals surface area contributed by atoms with Crippen LogP contribution in [0, 0.1) is 0 Å². The average molecular weight is 521 g/mol. The zero-order valence-electron chi connectivity index (χ0n) is 16.2. The van der Waals surface area contributed by atoms with E-state index in [4.69, 9.17) is 27.9 Å². The van der Waals surface area contributed by atoms with Crippen molar-refractivity contribution in [2.75, 3.05) is 12.4 Å². The van der Waals surface area contributed by atoms with Crippen molar-refractivity contribution in [3.05, 3.63) is 80.5 Å². The number of hydrogen-bond donors (Lipinski definition) is 2. The molecular formula is C21H16BrCl2N5O2. The lowest BCUT2D eigenvalue weighted by atomic mass is 10.1. The second-order valence-electron chi connectivity index (χ2n) is 6.62. The fraction of sp³-hybridized carbons (Fsp3) is 0.0952. The quantitative estimate of drug-likeness (QED) is 0.344. The van der Waals surface area contributed by atoms with E-state index in [0.717, 1.165) is 11.1 Å². The Hall–Kier alpha value is -2.81. The Morgan fingerprint density at radius 1 is 1.19 bits per heavy atom. The van der Waals surface area contributed by atoms with Gasteiger partial charge in [0.1, 0.15) is 11.4 Å². The second kappa shape index (κ2) is 9.13. The van der Waals surface area contributed by atoms with E-state index in [0.29, 0.717) is 44.0 Å². The average Bonchev–Trinajstić information content (AvgIpc) is 3.38.